The van der Waals surface area contributed by atoms with Gasteiger partial charge < -0.3 is 13.9 Å². The van der Waals surface area contributed by atoms with E-state index in [0.29, 0.717) is 0 Å². The van der Waals surface area contributed by atoms with Crippen LogP contribution in [-0.2, 0) is 0 Å². The number of rotatable bonds is 6. The van der Waals surface area contributed by atoms with Gasteiger partial charge in [0.1, 0.15) is 11.2 Å². The van der Waals surface area contributed by atoms with E-state index in [9.17, 15) is 0 Å². The highest BCUT2D eigenvalue weighted by atomic mass is 16.3. The number of para-hydroxylation sites is 5. The first kappa shape index (κ1) is 29.1. The fourth-order valence-electron chi connectivity index (χ4n) is 7.64. The van der Waals surface area contributed by atoms with Crippen LogP contribution in [0.1, 0.15) is 0 Å². The molecule has 0 bridgehead atoms. The van der Waals surface area contributed by atoms with E-state index in [4.69, 9.17) is 4.42 Å². The molecule has 3 nitrogen and oxygen atoms in total. The minimum Gasteiger partial charge on any atom is -0.456 e. The van der Waals surface area contributed by atoms with Crippen LogP contribution in [0.2, 0.25) is 0 Å². The summed E-state index contributed by atoms with van der Waals surface area (Å²) in [5, 5.41) is 4.80. The lowest BCUT2D eigenvalue weighted by Gasteiger charge is -2.26. The molecule has 240 valence electrons. The van der Waals surface area contributed by atoms with Crippen LogP contribution in [0, 0.1) is 0 Å². The summed E-state index contributed by atoms with van der Waals surface area (Å²) in [5.41, 5.74) is 13.3. The number of benzene rings is 8. The number of hydrogen-bond donors (Lipinski definition) is 0. The van der Waals surface area contributed by atoms with Crippen molar-refractivity contribution in [1.29, 1.82) is 0 Å². The first-order valence-corrected chi connectivity index (χ1v) is 17.4. The van der Waals surface area contributed by atoms with Crippen LogP contribution in [0.3, 0.4) is 0 Å². The number of furan rings is 1. The van der Waals surface area contributed by atoms with Crippen LogP contribution in [0.15, 0.2) is 199 Å². The van der Waals surface area contributed by atoms with Crippen LogP contribution >= 0.6 is 0 Å². The van der Waals surface area contributed by atoms with Crippen molar-refractivity contribution in [2.24, 2.45) is 0 Å². The molecule has 10 aromatic rings. The maximum absolute atomic E-state index is 6.24. The van der Waals surface area contributed by atoms with Gasteiger partial charge in [0, 0.05) is 44.2 Å². The van der Waals surface area contributed by atoms with E-state index in [-0.39, 0.29) is 0 Å². The quantitative estimate of drug-likeness (QED) is 0.178. The maximum atomic E-state index is 6.24. The molecule has 0 N–H and O–H groups in total. The number of nitrogens with zero attached hydrogens (tertiary/aromatic N) is 2. The van der Waals surface area contributed by atoms with E-state index >= 15 is 0 Å². The van der Waals surface area contributed by atoms with Crippen LogP contribution in [0.25, 0.3) is 71.7 Å². The molecule has 0 saturated carbocycles. The van der Waals surface area contributed by atoms with Gasteiger partial charge in [0.05, 0.1) is 16.7 Å². The van der Waals surface area contributed by atoms with Crippen molar-refractivity contribution in [1.82, 2.24) is 4.57 Å². The van der Waals surface area contributed by atoms with E-state index < -0.39 is 0 Å². The monoisotopic (exact) mass is 652 g/mol. The highest BCUT2D eigenvalue weighted by molar-refractivity contribution is 6.10. The summed E-state index contributed by atoms with van der Waals surface area (Å²) in [6.07, 6.45) is 0. The molecule has 0 amide bonds. The van der Waals surface area contributed by atoms with Gasteiger partial charge in [-0.25, -0.2) is 0 Å². The van der Waals surface area contributed by atoms with Crippen molar-refractivity contribution in [2.45, 2.75) is 0 Å². The molecular formula is C48H32N2O. The van der Waals surface area contributed by atoms with Crippen molar-refractivity contribution >= 4 is 60.8 Å². The Bertz CT molecular complexity index is 2810. The van der Waals surface area contributed by atoms with E-state index in [0.717, 1.165) is 61.4 Å². The molecular weight excluding hydrogens is 621 g/mol. The van der Waals surface area contributed by atoms with Gasteiger partial charge in [-0.1, -0.05) is 121 Å². The van der Waals surface area contributed by atoms with Crippen LogP contribution in [0.4, 0.5) is 17.1 Å². The number of aromatic nitrogens is 1. The van der Waals surface area contributed by atoms with Crippen molar-refractivity contribution in [2.75, 3.05) is 4.90 Å². The molecule has 0 radical (unpaired) electrons. The molecule has 51 heavy (non-hydrogen) atoms. The predicted octanol–water partition coefficient (Wildman–Crippen LogP) is 13.5. The van der Waals surface area contributed by atoms with Crippen molar-refractivity contribution in [3.05, 3.63) is 194 Å². The van der Waals surface area contributed by atoms with Crippen LogP contribution in [0.5, 0.6) is 0 Å². The zero-order chi connectivity index (χ0) is 33.7. The van der Waals surface area contributed by atoms with E-state index in [1.54, 1.807) is 0 Å². The summed E-state index contributed by atoms with van der Waals surface area (Å²) in [6, 6.07) is 69.1. The minimum atomic E-state index is 0.899. The zero-order valence-electron chi connectivity index (χ0n) is 27.8. The van der Waals surface area contributed by atoms with Gasteiger partial charge in [0.2, 0.25) is 0 Å². The lowest BCUT2D eigenvalue weighted by Crippen LogP contribution is -2.09. The average Bonchev–Trinajstić information content (AvgIpc) is 3.74. The Labute approximate surface area is 295 Å². The van der Waals surface area contributed by atoms with Crippen molar-refractivity contribution in [3.8, 4) is 27.9 Å². The van der Waals surface area contributed by atoms with Gasteiger partial charge in [-0.2, -0.15) is 0 Å². The number of hydrogen-bond acceptors (Lipinski definition) is 2. The molecule has 10 rings (SSSR count). The van der Waals surface area contributed by atoms with Gasteiger partial charge in [-0.05, 0) is 89.5 Å². The van der Waals surface area contributed by atoms with Crippen molar-refractivity contribution < 1.29 is 4.42 Å². The van der Waals surface area contributed by atoms with E-state index in [1.165, 1.54) is 27.4 Å². The second-order valence-corrected chi connectivity index (χ2v) is 13.0. The summed E-state index contributed by atoms with van der Waals surface area (Å²) in [5.74, 6) is 0. The molecule has 2 aromatic heterocycles. The van der Waals surface area contributed by atoms with Crippen LogP contribution in [-0.4, -0.2) is 4.57 Å². The molecule has 0 atom stereocenters. The van der Waals surface area contributed by atoms with Gasteiger partial charge >= 0.3 is 0 Å². The van der Waals surface area contributed by atoms with Gasteiger partial charge in [0.15, 0.2) is 0 Å². The summed E-state index contributed by atoms with van der Waals surface area (Å²) in [4.78, 5) is 2.33. The van der Waals surface area contributed by atoms with E-state index in [2.05, 4.69) is 191 Å². The molecule has 0 aliphatic rings. The molecule has 2 heterocycles. The Morgan fingerprint density at radius 2 is 0.922 bits per heavy atom. The highest BCUT2D eigenvalue weighted by Crippen LogP contribution is 2.40. The predicted molar refractivity (Wildman–Crippen MR) is 214 cm³/mol. The molecule has 3 heteroatoms. The largest absolute Gasteiger partial charge is 0.456 e. The summed E-state index contributed by atoms with van der Waals surface area (Å²) < 4.78 is 8.64. The second-order valence-electron chi connectivity index (χ2n) is 13.0. The van der Waals surface area contributed by atoms with Gasteiger partial charge in [-0.15, -0.1) is 0 Å². The maximum Gasteiger partial charge on any atom is 0.136 e. The minimum absolute atomic E-state index is 0.899. The Morgan fingerprint density at radius 1 is 0.353 bits per heavy atom. The fraction of sp³-hybridized carbons (Fsp3) is 0. The zero-order valence-corrected chi connectivity index (χ0v) is 27.8. The summed E-state index contributed by atoms with van der Waals surface area (Å²) in [7, 11) is 0. The molecule has 8 aromatic carbocycles. The lowest BCUT2D eigenvalue weighted by molar-refractivity contribution is 0.669. The Kier molecular flexibility index (Phi) is 6.81. The third-order valence-corrected chi connectivity index (χ3v) is 9.99. The van der Waals surface area contributed by atoms with E-state index in [1.807, 2.05) is 12.1 Å². The Balaban J connectivity index is 1.06. The number of fused-ring (bicyclic) bond motifs is 6. The normalized spacial score (nSPS) is 11.5. The SMILES string of the molecule is c1ccc(N(c2ccc(-c3ccccc3-n3c4ccccc4c4ccccc43)cc2)c2cccc(-c3ccc4c(c3)oc3ccccc34)c2)cc1. The molecule has 0 spiro atoms. The van der Waals surface area contributed by atoms with Crippen LogP contribution < -0.4 is 4.90 Å². The van der Waals surface area contributed by atoms with Gasteiger partial charge in [-0.3, -0.25) is 0 Å². The van der Waals surface area contributed by atoms with Crippen molar-refractivity contribution in [3.63, 3.8) is 0 Å². The fourth-order valence-corrected chi connectivity index (χ4v) is 7.64. The summed E-state index contributed by atoms with van der Waals surface area (Å²) in [6.45, 7) is 0. The average molecular weight is 653 g/mol. The highest BCUT2D eigenvalue weighted by Gasteiger charge is 2.17. The number of anilines is 3. The molecule has 0 saturated heterocycles. The summed E-state index contributed by atoms with van der Waals surface area (Å²) >= 11 is 0. The molecule has 0 aliphatic heterocycles. The standard InChI is InChI=1S/C48H32N2O/c1-2-14-36(15-3-1)49(38-16-12-13-34(31-38)35-27-30-43-42-20-7-11-24-47(42)51-48(43)32-35)37-28-25-33(26-29-37)39-17-4-8-21-44(39)50-45-22-9-5-18-40(45)41-19-6-10-23-46(41)50/h1-32H. The molecule has 0 unspecified atom stereocenters. The first-order valence-electron chi connectivity index (χ1n) is 17.4. The third kappa shape index (κ3) is 4.90. The third-order valence-electron chi connectivity index (χ3n) is 9.99. The molecule has 0 aliphatic carbocycles. The second kappa shape index (κ2) is 11.9. The topological polar surface area (TPSA) is 21.3 Å². The van der Waals surface area contributed by atoms with Gasteiger partial charge in [0.25, 0.3) is 0 Å². The first-order chi connectivity index (χ1) is 25.3. The Hall–Kier alpha value is -6.84. The smallest absolute Gasteiger partial charge is 0.136 e. The lowest BCUT2D eigenvalue weighted by atomic mass is 10.0. The Morgan fingerprint density at radius 3 is 1.71 bits per heavy atom. The molecule has 0 fully saturated rings.